The van der Waals surface area contributed by atoms with Crippen molar-refractivity contribution < 1.29 is 4.39 Å². The predicted octanol–water partition coefficient (Wildman–Crippen LogP) is 2.70. The molecule has 0 aliphatic carbocycles. The summed E-state index contributed by atoms with van der Waals surface area (Å²) >= 11 is 1.64. The number of halogens is 1. The first-order valence-electron chi connectivity index (χ1n) is 5.54. The highest BCUT2D eigenvalue weighted by atomic mass is 32.1. The van der Waals surface area contributed by atoms with Crippen LogP contribution < -0.4 is 5.73 Å². The summed E-state index contributed by atoms with van der Waals surface area (Å²) in [6, 6.07) is 6.52. The highest BCUT2D eigenvalue weighted by molar-refractivity contribution is 7.09. The van der Waals surface area contributed by atoms with Crippen LogP contribution in [0.3, 0.4) is 0 Å². The van der Waals surface area contributed by atoms with Gasteiger partial charge >= 0.3 is 0 Å². The van der Waals surface area contributed by atoms with Crippen LogP contribution in [0.25, 0.3) is 0 Å². The van der Waals surface area contributed by atoms with Gasteiger partial charge in [0.25, 0.3) is 0 Å². The minimum absolute atomic E-state index is 0.0296. The fraction of sp³-hybridized carbons (Fsp3) is 0.308. The molecule has 0 aliphatic heterocycles. The Hall–Kier alpha value is -1.26. The van der Waals surface area contributed by atoms with Gasteiger partial charge in [-0.2, -0.15) is 0 Å². The quantitative estimate of drug-likeness (QED) is 0.906. The molecule has 1 unspecified atom stereocenters. The lowest BCUT2D eigenvalue weighted by Gasteiger charge is -2.09. The van der Waals surface area contributed by atoms with Gasteiger partial charge in [-0.3, -0.25) is 0 Å². The summed E-state index contributed by atoms with van der Waals surface area (Å²) in [6.45, 7) is 1.99. The topological polar surface area (TPSA) is 38.9 Å². The monoisotopic (exact) mass is 250 g/mol. The molecule has 2 nitrogen and oxygen atoms in total. The second-order valence-corrected chi connectivity index (χ2v) is 5.21. The van der Waals surface area contributed by atoms with Gasteiger partial charge in [-0.05, 0) is 31.0 Å². The van der Waals surface area contributed by atoms with Crippen molar-refractivity contribution in [2.45, 2.75) is 25.8 Å². The van der Waals surface area contributed by atoms with E-state index in [1.165, 1.54) is 12.1 Å². The lowest BCUT2D eigenvalue weighted by Crippen LogP contribution is -2.25. The van der Waals surface area contributed by atoms with E-state index in [1.807, 2.05) is 12.3 Å². The minimum Gasteiger partial charge on any atom is -0.327 e. The minimum atomic E-state index is -0.211. The molecule has 4 heteroatoms. The molecular weight excluding hydrogens is 235 g/mol. The zero-order valence-corrected chi connectivity index (χ0v) is 10.5. The van der Waals surface area contributed by atoms with E-state index in [-0.39, 0.29) is 11.9 Å². The molecule has 0 aliphatic rings. The molecule has 0 saturated carbocycles. The summed E-state index contributed by atoms with van der Waals surface area (Å²) < 4.78 is 12.7. The molecule has 0 bridgehead atoms. The van der Waals surface area contributed by atoms with Crippen LogP contribution in [0.1, 0.15) is 16.3 Å². The van der Waals surface area contributed by atoms with E-state index in [2.05, 4.69) is 4.98 Å². The first-order chi connectivity index (χ1) is 8.13. The van der Waals surface area contributed by atoms with Gasteiger partial charge in [0.05, 0.1) is 10.7 Å². The Morgan fingerprint density at radius 2 is 2.00 bits per heavy atom. The average Bonchev–Trinajstić information content (AvgIpc) is 2.67. The summed E-state index contributed by atoms with van der Waals surface area (Å²) in [5.41, 5.74) is 8.16. The SMILES string of the molecule is Cc1nc(CC(N)Cc2ccc(F)cc2)cs1. The number of aromatic nitrogens is 1. The fourth-order valence-electron chi connectivity index (χ4n) is 1.77. The maximum Gasteiger partial charge on any atom is 0.123 e. The standard InChI is InChI=1S/C13H15FN2S/c1-9-16-13(8-17-9)7-12(15)6-10-2-4-11(14)5-3-10/h2-5,8,12H,6-7,15H2,1H3. The van der Waals surface area contributed by atoms with Gasteiger partial charge in [-0.25, -0.2) is 9.37 Å². The Kier molecular flexibility index (Phi) is 3.86. The van der Waals surface area contributed by atoms with Crippen molar-refractivity contribution in [3.8, 4) is 0 Å². The van der Waals surface area contributed by atoms with Gasteiger partial charge in [0, 0.05) is 17.8 Å². The first-order valence-corrected chi connectivity index (χ1v) is 6.42. The van der Waals surface area contributed by atoms with Gasteiger partial charge in [0.1, 0.15) is 5.82 Å². The molecule has 2 rings (SSSR count). The van der Waals surface area contributed by atoms with Crippen LogP contribution in [0.15, 0.2) is 29.6 Å². The van der Waals surface area contributed by atoms with E-state index in [0.29, 0.717) is 0 Å². The van der Waals surface area contributed by atoms with Gasteiger partial charge in [-0.1, -0.05) is 12.1 Å². The fourth-order valence-corrected chi connectivity index (χ4v) is 2.39. The molecule has 2 aromatic rings. The van der Waals surface area contributed by atoms with E-state index in [1.54, 1.807) is 23.5 Å². The van der Waals surface area contributed by atoms with Crippen LogP contribution in [0, 0.1) is 12.7 Å². The van der Waals surface area contributed by atoms with E-state index in [4.69, 9.17) is 5.73 Å². The van der Waals surface area contributed by atoms with Crippen molar-refractivity contribution >= 4 is 11.3 Å². The first kappa shape index (κ1) is 12.2. The summed E-state index contributed by atoms with van der Waals surface area (Å²) in [5, 5.41) is 3.11. The molecule has 1 heterocycles. The van der Waals surface area contributed by atoms with Crippen molar-refractivity contribution in [2.75, 3.05) is 0 Å². The maximum atomic E-state index is 12.7. The molecule has 1 aromatic heterocycles. The van der Waals surface area contributed by atoms with Crippen molar-refractivity contribution in [3.63, 3.8) is 0 Å². The van der Waals surface area contributed by atoms with Gasteiger partial charge in [0.15, 0.2) is 0 Å². The van der Waals surface area contributed by atoms with Gasteiger partial charge in [-0.15, -0.1) is 11.3 Å². The molecule has 1 aromatic carbocycles. The molecule has 2 N–H and O–H groups in total. The van der Waals surface area contributed by atoms with E-state index in [0.717, 1.165) is 29.1 Å². The molecule has 0 radical (unpaired) electrons. The number of hydrogen-bond donors (Lipinski definition) is 1. The molecule has 17 heavy (non-hydrogen) atoms. The second kappa shape index (κ2) is 5.38. The Morgan fingerprint density at radius 1 is 1.29 bits per heavy atom. The van der Waals surface area contributed by atoms with E-state index < -0.39 is 0 Å². The third-order valence-electron chi connectivity index (χ3n) is 2.55. The van der Waals surface area contributed by atoms with Crippen LogP contribution in [-0.4, -0.2) is 11.0 Å². The number of nitrogens with zero attached hydrogens (tertiary/aromatic N) is 1. The van der Waals surface area contributed by atoms with Crippen LogP contribution in [0.4, 0.5) is 4.39 Å². The molecule has 0 spiro atoms. The average molecular weight is 250 g/mol. The summed E-state index contributed by atoms with van der Waals surface area (Å²) in [6.07, 6.45) is 1.51. The Balaban J connectivity index is 1.93. The molecule has 90 valence electrons. The molecule has 0 amide bonds. The van der Waals surface area contributed by atoms with Crippen LogP contribution >= 0.6 is 11.3 Å². The van der Waals surface area contributed by atoms with Crippen LogP contribution in [0.5, 0.6) is 0 Å². The molecule has 1 atom stereocenters. The number of aryl methyl sites for hydroxylation is 1. The number of thiazole rings is 1. The Morgan fingerprint density at radius 3 is 2.59 bits per heavy atom. The van der Waals surface area contributed by atoms with Gasteiger partial charge < -0.3 is 5.73 Å². The lowest BCUT2D eigenvalue weighted by atomic mass is 10.0. The number of nitrogens with two attached hydrogens (primary N) is 1. The third kappa shape index (κ3) is 3.61. The van der Waals surface area contributed by atoms with Crippen molar-refractivity contribution in [1.29, 1.82) is 0 Å². The number of hydrogen-bond acceptors (Lipinski definition) is 3. The normalized spacial score (nSPS) is 12.6. The molecular formula is C13H15FN2S. The maximum absolute atomic E-state index is 12.7. The van der Waals surface area contributed by atoms with Crippen LogP contribution in [-0.2, 0) is 12.8 Å². The lowest BCUT2D eigenvalue weighted by molar-refractivity contribution is 0.623. The number of benzene rings is 1. The van der Waals surface area contributed by atoms with Crippen LogP contribution in [0.2, 0.25) is 0 Å². The van der Waals surface area contributed by atoms with Gasteiger partial charge in [0.2, 0.25) is 0 Å². The Labute approximate surface area is 104 Å². The van der Waals surface area contributed by atoms with Crippen molar-refractivity contribution in [3.05, 3.63) is 51.7 Å². The van der Waals surface area contributed by atoms with E-state index >= 15 is 0 Å². The Bertz CT molecular complexity index is 478. The summed E-state index contributed by atoms with van der Waals surface area (Å²) in [4.78, 5) is 4.38. The van der Waals surface area contributed by atoms with Crippen molar-refractivity contribution in [2.24, 2.45) is 5.73 Å². The predicted molar refractivity (Wildman–Crippen MR) is 68.6 cm³/mol. The highest BCUT2D eigenvalue weighted by Gasteiger charge is 2.07. The second-order valence-electron chi connectivity index (χ2n) is 4.15. The summed E-state index contributed by atoms with van der Waals surface area (Å²) in [7, 11) is 0. The molecule has 0 fully saturated rings. The summed E-state index contributed by atoms with van der Waals surface area (Å²) in [5.74, 6) is -0.211. The smallest absolute Gasteiger partial charge is 0.123 e. The number of rotatable bonds is 4. The zero-order chi connectivity index (χ0) is 12.3. The third-order valence-corrected chi connectivity index (χ3v) is 3.37. The largest absolute Gasteiger partial charge is 0.327 e. The van der Waals surface area contributed by atoms with E-state index in [9.17, 15) is 4.39 Å². The van der Waals surface area contributed by atoms with Crippen molar-refractivity contribution in [1.82, 2.24) is 4.98 Å². The zero-order valence-electron chi connectivity index (χ0n) is 9.69. The highest BCUT2D eigenvalue weighted by Crippen LogP contribution is 2.12. The molecule has 0 saturated heterocycles.